The van der Waals surface area contributed by atoms with Gasteiger partial charge in [-0.2, -0.15) is 5.10 Å². The van der Waals surface area contributed by atoms with Crippen molar-refractivity contribution in [2.45, 2.75) is 20.8 Å². The topological polar surface area (TPSA) is 62.3 Å². The van der Waals surface area contributed by atoms with Crippen LogP contribution in [0.2, 0.25) is 0 Å². The van der Waals surface area contributed by atoms with Gasteiger partial charge in [-0.05, 0) is 51.1 Å². The molecule has 0 aliphatic rings. The molecule has 0 saturated heterocycles. The van der Waals surface area contributed by atoms with Gasteiger partial charge in [-0.1, -0.05) is 24.8 Å². The zero-order valence-electron chi connectivity index (χ0n) is 18.7. The molecule has 0 amide bonds. The molecule has 2 N–H and O–H groups in total. The van der Waals surface area contributed by atoms with Crippen LogP contribution in [0.1, 0.15) is 26.8 Å². The van der Waals surface area contributed by atoms with Crippen LogP contribution >= 0.6 is 11.3 Å². The second kappa shape index (κ2) is 7.80. The molecule has 0 unspecified atom stereocenters. The van der Waals surface area contributed by atoms with E-state index in [0.717, 1.165) is 50.6 Å². The van der Waals surface area contributed by atoms with E-state index in [1.54, 1.807) is 11.3 Å². The highest BCUT2D eigenvalue weighted by Gasteiger charge is 2.17. The first-order chi connectivity index (χ1) is 15.5. The molecule has 0 aliphatic heterocycles. The van der Waals surface area contributed by atoms with E-state index in [2.05, 4.69) is 87.6 Å². The molecule has 0 saturated carbocycles. The first kappa shape index (κ1) is 20.3. The van der Waals surface area contributed by atoms with E-state index in [9.17, 15) is 0 Å². The number of thiophene rings is 1. The zero-order chi connectivity index (χ0) is 22.4. The number of rotatable bonds is 5. The third-order valence-corrected chi connectivity index (χ3v) is 6.96. The zero-order valence-corrected chi connectivity index (χ0v) is 19.5. The third-order valence-electron chi connectivity index (χ3n) is 5.93. The molecule has 6 heteroatoms. The van der Waals surface area contributed by atoms with E-state index < -0.39 is 0 Å². The van der Waals surface area contributed by atoms with Crippen molar-refractivity contribution in [2.24, 2.45) is 7.05 Å². The van der Waals surface area contributed by atoms with Gasteiger partial charge in [0, 0.05) is 44.6 Å². The van der Waals surface area contributed by atoms with Gasteiger partial charge in [0.2, 0.25) is 0 Å². The molecule has 4 aromatic heterocycles. The third kappa shape index (κ3) is 3.33. The first-order valence-electron chi connectivity index (χ1n) is 10.5. The van der Waals surface area contributed by atoms with Gasteiger partial charge in [0.1, 0.15) is 11.5 Å². The van der Waals surface area contributed by atoms with Gasteiger partial charge in [-0.3, -0.25) is 5.10 Å². The van der Waals surface area contributed by atoms with E-state index >= 15 is 0 Å². The van der Waals surface area contributed by atoms with Crippen LogP contribution in [-0.2, 0) is 7.05 Å². The fourth-order valence-corrected chi connectivity index (χ4v) is 5.02. The average molecular weight is 440 g/mol. The number of aryl methyl sites for hydroxylation is 3. The van der Waals surface area contributed by atoms with E-state index in [1.165, 1.54) is 15.3 Å². The van der Waals surface area contributed by atoms with Crippen LogP contribution in [0.15, 0.2) is 61.3 Å². The number of hydrogen-bond acceptors (Lipinski definition) is 3. The summed E-state index contributed by atoms with van der Waals surface area (Å²) in [5, 5.41) is 8.91. The Hall–Kier alpha value is -3.64. The van der Waals surface area contributed by atoms with Crippen molar-refractivity contribution in [1.82, 2.24) is 24.7 Å². The maximum atomic E-state index is 4.65. The summed E-state index contributed by atoms with van der Waals surface area (Å²) in [5.41, 5.74) is 8.55. The van der Waals surface area contributed by atoms with Crippen molar-refractivity contribution < 1.29 is 0 Å². The summed E-state index contributed by atoms with van der Waals surface area (Å²) in [6, 6.07) is 12.9. The van der Waals surface area contributed by atoms with Crippen molar-refractivity contribution in [2.75, 3.05) is 0 Å². The number of hydrogen-bond donors (Lipinski definition) is 2. The van der Waals surface area contributed by atoms with Crippen LogP contribution in [-0.4, -0.2) is 24.7 Å². The van der Waals surface area contributed by atoms with Crippen molar-refractivity contribution >= 4 is 27.8 Å². The van der Waals surface area contributed by atoms with Gasteiger partial charge in [-0.25, -0.2) is 4.98 Å². The summed E-state index contributed by atoms with van der Waals surface area (Å²) in [4.78, 5) is 10.5. The number of fused-ring (bicyclic) bond motifs is 1. The second-order valence-electron chi connectivity index (χ2n) is 8.03. The molecule has 5 rings (SSSR count). The fourth-order valence-electron chi connectivity index (χ4n) is 4.12. The molecule has 0 spiro atoms. The van der Waals surface area contributed by atoms with Gasteiger partial charge < -0.3 is 9.55 Å². The Morgan fingerprint density at radius 3 is 2.66 bits per heavy atom. The predicted molar refractivity (Wildman–Crippen MR) is 134 cm³/mol. The predicted octanol–water partition coefficient (Wildman–Crippen LogP) is 6.56. The van der Waals surface area contributed by atoms with Gasteiger partial charge in [0.05, 0.1) is 23.1 Å². The van der Waals surface area contributed by atoms with Crippen molar-refractivity contribution in [3.8, 4) is 22.6 Å². The minimum Gasteiger partial charge on any atom is -0.357 e. The van der Waals surface area contributed by atoms with Crippen LogP contribution < -0.4 is 0 Å². The molecule has 0 aliphatic carbocycles. The smallest absolute Gasteiger partial charge is 0.116 e. The van der Waals surface area contributed by atoms with E-state index in [0.29, 0.717) is 0 Å². The fraction of sp³-hybridized carbons (Fsp3) is 0.154. The molecule has 0 fully saturated rings. The number of aromatic nitrogens is 5. The largest absolute Gasteiger partial charge is 0.357 e. The minimum absolute atomic E-state index is 0.912. The Morgan fingerprint density at radius 1 is 1.12 bits per heavy atom. The average Bonchev–Trinajstić information content (AvgIpc) is 3.54. The maximum absolute atomic E-state index is 4.65. The normalized spacial score (nSPS) is 12.1. The van der Waals surface area contributed by atoms with Gasteiger partial charge >= 0.3 is 0 Å². The van der Waals surface area contributed by atoms with Crippen LogP contribution in [0.5, 0.6) is 0 Å². The number of allylic oxidation sites excluding steroid dienone is 2. The molecule has 0 radical (unpaired) electrons. The van der Waals surface area contributed by atoms with Gasteiger partial charge in [0.25, 0.3) is 0 Å². The lowest BCUT2D eigenvalue weighted by molar-refractivity contribution is 0.865. The summed E-state index contributed by atoms with van der Waals surface area (Å²) in [6.07, 6.45) is 5.85. The summed E-state index contributed by atoms with van der Waals surface area (Å²) >= 11 is 1.79. The van der Waals surface area contributed by atoms with Crippen LogP contribution in [0.3, 0.4) is 0 Å². The molecular formula is C26H25N5S. The Kier molecular flexibility index (Phi) is 4.94. The number of benzene rings is 1. The Balaban J connectivity index is 1.62. The van der Waals surface area contributed by atoms with E-state index in [4.69, 9.17) is 0 Å². The molecule has 5 nitrogen and oxygen atoms in total. The second-order valence-corrected chi connectivity index (χ2v) is 9.32. The van der Waals surface area contributed by atoms with Crippen molar-refractivity contribution in [3.05, 3.63) is 88.2 Å². The molecule has 1 aromatic carbocycles. The SMILES string of the molecule is C=C/C=C(/c1ccc(C)s1)c1cc(-c2n[nH]c3ccc(-c4cnc(C)n4C)cc23)[nH]c1C. The number of H-pyrrole nitrogens is 2. The minimum atomic E-state index is 0.912. The summed E-state index contributed by atoms with van der Waals surface area (Å²) in [6.45, 7) is 10.2. The molecule has 32 heavy (non-hydrogen) atoms. The Labute approximate surface area is 191 Å². The molecule has 0 atom stereocenters. The Morgan fingerprint density at radius 2 is 1.97 bits per heavy atom. The molecule has 0 bridgehead atoms. The van der Waals surface area contributed by atoms with E-state index in [-0.39, 0.29) is 0 Å². The lowest BCUT2D eigenvalue weighted by atomic mass is 10.0. The molecular weight excluding hydrogens is 414 g/mol. The quantitative estimate of drug-likeness (QED) is 0.305. The van der Waals surface area contributed by atoms with Crippen molar-refractivity contribution in [3.63, 3.8) is 0 Å². The van der Waals surface area contributed by atoms with Crippen LogP contribution in [0.4, 0.5) is 0 Å². The summed E-state index contributed by atoms with van der Waals surface area (Å²) in [7, 11) is 2.04. The summed E-state index contributed by atoms with van der Waals surface area (Å²) < 4.78 is 2.10. The standard InChI is InChI=1S/C26H25N5S/c1-6-7-19(25-11-8-15(2)32-25)20-13-23(28-16(20)3)26-21-12-18(9-10-22(21)29-30-26)24-14-27-17(4)31(24)5/h6-14,28H,1H2,2-5H3,(H,29,30)/b19-7+. The monoisotopic (exact) mass is 439 g/mol. The van der Waals surface area contributed by atoms with E-state index in [1.807, 2.05) is 26.2 Å². The number of imidazole rings is 1. The molecule has 160 valence electrons. The van der Waals surface area contributed by atoms with Crippen LogP contribution in [0, 0.1) is 20.8 Å². The number of nitrogens with one attached hydrogen (secondary N) is 2. The lowest BCUT2D eigenvalue weighted by Crippen LogP contribution is -1.94. The van der Waals surface area contributed by atoms with Crippen molar-refractivity contribution in [1.29, 1.82) is 0 Å². The van der Waals surface area contributed by atoms with Gasteiger partial charge in [0.15, 0.2) is 0 Å². The lowest BCUT2D eigenvalue weighted by Gasteiger charge is -2.04. The highest BCUT2D eigenvalue weighted by atomic mass is 32.1. The molecule has 5 aromatic rings. The molecule has 4 heterocycles. The first-order valence-corrected chi connectivity index (χ1v) is 11.3. The summed E-state index contributed by atoms with van der Waals surface area (Å²) in [5.74, 6) is 0.988. The maximum Gasteiger partial charge on any atom is 0.116 e. The Bertz CT molecular complexity index is 1490. The van der Waals surface area contributed by atoms with Crippen LogP contribution in [0.25, 0.3) is 39.1 Å². The highest BCUT2D eigenvalue weighted by Crippen LogP contribution is 2.36. The van der Waals surface area contributed by atoms with Gasteiger partial charge in [-0.15, -0.1) is 11.3 Å². The number of nitrogens with zero attached hydrogens (tertiary/aromatic N) is 3. The number of aromatic amines is 2. The highest BCUT2D eigenvalue weighted by molar-refractivity contribution is 7.13.